The van der Waals surface area contributed by atoms with Crippen LogP contribution in [0.15, 0.2) is 41.9 Å². The summed E-state index contributed by atoms with van der Waals surface area (Å²) in [7, 11) is 0. The minimum Gasteiger partial charge on any atom is -0.475 e. The van der Waals surface area contributed by atoms with Gasteiger partial charge in [-0.15, -0.1) is 11.3 Å². The molecule has 1 spiro atoms. The number of rotatable bonds is 5. The minimum atomic E-state index is -5.08. The lowest BCUT2D eigenvalue weighted by Crippen LogP contribution is -2.40. The van der Waals surface area contributed by atoms with E-state index in [4.69, 9.17) is 44.4 Å². The number of halogens is 9. The molecule has 0 radical (unpaired) electrons. The number of fused-ring (bicyclic) bond motifs is 2. The van der Waals surface area contributed by atoms with Gasteiger partial charge >= 0.3 is 36.4 Å². The van der Waals surface area contributed by atoms with Crippen LogP contribution in [0.3, 0.4) is 0 Å². The van der Waals surface area contributed by atoms with Crippen molar-refractivity contribution in [2.75, 3.05) is 25.0 Å². The van der Waals surface area contributed by atoms with Crippen LogP contribution in [-0.4, -0.2) is 97.3 Å². The fourth-order valence-corrected chi connectivity index (χ4v) is 5.33. The molecule has 1 aliphatic carbocycles. The van der Waals surface area contributed by atoms with Crippen LogP contribution in [0.25, 0.3) is 10.6 Å². The Morgan fingerprint density at radius 3 is 2.00 bits per heavy atom. The van der Waals surface area contributed by atoms with Crippen molar-refractivity contribution in [3.8, 4) is 10.6 Å². The van der Waals surface area contributed by atoms with Crippen LogP contribution in [-0.2, 0) is 37.7 Å². The van der Waals surface area contributed by atoms with E-state index in [1.54, 1.807) is 11.3 Å². The van der Waals surface area contributed by atoms with Crippen molar-refractivity contribution in [2.45, 2.75) is 62.4 Å². The number of thiophene rings is 1. The predicted molar refractivity (Wildman–Crippen MR) is 159 cm³/mol. The number of nitrogens with zero attached hydrogens (tertiary/aromatic N) is 4. The van der Waals surface area contributed by atoms with Crippen LogP contribution in [0.1, 0.15) is 36.2 Å². The molecule has 22 heteroatoms. The molecule has 2 aliphatic heterocycles. The highest BCUT2D eigenvalue weighted by molar-refractivity contribution is 7.13. The molecule has 0 aromatic carbocycles. The number of pyridine rings is 1. The number of likely N-dealkylation sites (tertiary alicyclic amines) is 1. The van der Waals surface area contributed by atoms with E-state index < -0.39 is 36.4 Å². The number of hydrogen-bond acceptors (Lipinski definition) is 10. The molecule has 6 rings (SSSR count). The number of hydrogen-bond donors (Lipinski definition) is 4. The maximum atomic E-state index is 10.6. The maximum absolute atomic E-state index is 10.6. The smallest absolute Gasteiger partial charge is 0.475 e. The molecular weight excluding hydrogens is 733 g/mol. The van der Waals surface area contributed by atoms with E-state index >= 15 is 0 Å². The number of carbonyl (C=O) groups is 3. The molecule has 1 unspecified atom stereocenters. The molecule has 0 amide bonds. The maximum Gasteiger partial charge on any atom is 0.490 e. The van der Waals surface area contributed by atoms with Gasteiger partial charge in [0.2, 0.25) is 5.95 Å². The van der Waals surface area contributed by atoms with Gasteiger partial charge in [-0.1, -0.05) is 12.1 Å². The van der Waals surface area contributed by atoms with Gasteiger partial charge in [0.15, 0.2) is 0 Å². The highest BCUT2D eigenvalue weighted by Crippen LogP contribution is 2.40. The Labute approximate surface area is 285 Å². The van der Waals surface area contributed by atoms with E-state index in [1.807, 2.05) is 6.20 Å². The van der Waals surface area contributed by atoms with Gasteiger partial charge in [-0.3, -0.25) is 9.88 Å². The average Bonchev–Trinajstić information content (AvgIpc) is 3.49. The van der Waals surface area contributed by atoms with Crippen molar-refractivity contribution in [3.63, 3.8) is 0 Å². The molecule has 3 aromatic rings. The van der Waals surface area contributed by atoms with Crippen LogP contribution in [0.4, 0.5) is 45.5 Å². The van der Waals surface area contributed by atoms with Gasteiger partial charge in [-0.2, -0.15) is 39.5 Å². The third-order valence-electron chi connectivity index (χ3n) is 7.04. The normalized spacial score (nSPS) is 18.5. The summed E-state index contributed by atoms with van der Waals surface area (Å²) in [5.74, 6) is -7.49. The summed E-state index contributed by atoms with van der Waals surface area (Å²) >= 11 is 1.73. The van der Waals surface area contributed by atoms with E-state index in [2.05, 4.69) is 50.9 Å². The number of aromatic nitrogens is 3. The van der Waals surface area contributed by atoms with E-state index in [-0.39, 0.29) is 5.41 Å². The second kappa shape index (κ2) is 16.6. The predicted octanol–water partition coefficient (Wildman–Crippen LogP) is 5.75. The molecular formula is C29H28F9N5O7S. The zero-order valence-corrected chi connectivity index (χ0v) is 26.7. The van der Waals surface area contributed by atoms with E-state index in [9.17, 15) is 39.5 Å². The van der Waals surface area contributed by atoms with Gasteiger partial charge in [-0.05, 0) is 49.4 Å². The second-order valence-corrected chi connectivity index (χ2v) is 12.1. The Morgan fingerprint density at radius 2 is 1.49 bits per heavy atom. The quantitative estimate of drug-likeness (QED) is 0.232. The Balaban J connectivity index is 0.000000275. The summed E-state index contributed by atoms with van der Waals surface area (Å²) in [6.07, 6.45) is -9.78. The first-order valence-corrected chi connectivity index (χ1v) is 15.3. The summed E-state index contributed by atoms with van der Waals surface area (Å²) in [5, 5.41) is 26.9. The van der Waals surface area contributed by atoms with Crippen molar-refractivity contribution in [1.29, 1.82) is 0 Å². The Hall–Kier alpha value is -4.57. The van der Waals surface area contributed by atoms with E-state index in [0.717, 1.165) is 55.6 Å². The van der Waals surface area contributed by atoms with Crippen LogP contribution in [0.5, 0.6) is 0 Å². The van der Waals surface area contributed by atoms with Crippen LogP contribution in [0.2, 0.25) is 0 Å². The lowest BCUT2D eigenvalue weighted by Gasteiger charge is -2.34. The highest BCUT2D eigenvalue weighted by atomic mass is 32.1. The number of carboxylic acids is 3. The topological polar surface area (TPSA) is 175 Å². The van der Waals surface area contributed by atoms with Gasteiger partial charge in [0.1, 0.15) is 0 Å². The molecule has 5 heterocycles. The first-order chi connectivity index (χ1) is 23.6. The summed E-state index contributed by atoms with van der Waals surface area (Å²) in [5.41, 5.74) is 4.47. The van der Waals surface area contributed by atoms with Crippen molar-refractivity contribution < 1.29 is 74.0 Å². The first kappa shape index (κ1) is 40.9. The standard InChI is InChI=1S/C23H25N5OS.3C2HF3O2/c1-3-18(25-19(4-1)20-5-2-10-30-20)12-28-9-8-23(14-28)15-29-13-16-11-24-22(27-21(16)23)26-17-6-7-17;3*3-2(4,5)1(6)7/h1-5,10-11,17H,6-9,12-15H2,(H,24,26,27);3*(H,6,7). The number of aliphatic carboxylic acids is 3. The molecule has 1 saturated carbocycles. The Kier molecular flexibility index (Phi) is 13.3. The van der Waals surface area contributed by atoms with E-state index in [0.29, 0.717) is 12.6 Å². The largest absolute Gasteiger partial charge is 0.490 e. The summed E-state index contributed by atoms with van der Waals surface area (Å²) < 4.78 is 101. The zero-order valence-electron chi connectivity index (χ0n) is 25.8. The van der Waals surface area contributed by atoms with Gasteiger partial charge < -0.3 is 25.4 Å². The molecule has 3 aromatic heterocycles. The molecule has 4 N–H and O–H groups in total. The zero-order chi connectivity index (χ0) is 38.2. The molecule has 12 nitrogen and oxygen atoms in total. The third-order valence-corrected chi connectivity index (χ3v) is 7.93. The molecule has 280 valence electrons. The molecule has 2 fully saturated rings. The lowest BCUT2D eigenvalue weighted by atomic mass is 9.80. The average molecular weight is 762 g/mol. The van der Waals surface area contributed by atoms with Crippen LogP contribution in [0, 0.1) is 0 Å². The van der Waals surface area contributed by atoms with Gasteiger partial charge in [-0.25, -0.2) is 24.4 Å². The van der Waals surface area contributed by atoms with Crippen LogP contribution < -0.4 is 5.32 Å². The second-order valence-electron chi connectivity index (χ2n) is 11.1. The Morgan fingerprint density at radius 1 is 0.902 bits per heavy atom. The molecule has 1 saturated heterocycles. The fraction of sp³-hybridized carbons (Fsp3) is 0.448. The van der Waals surface area contributed by atoms with Crippen molar-refractivity contribution in [3.05, 3.63) is 58.9 Å². The highest BCUT2D eigenvalue weighted by Gasteiger charge is 2.45. The minimum absolute atomic E-state index is 0.0398. The van der Waals surface area contributed by atoms with Gasteiger partial charge in [0.05, 0.1) is 40.6 Å². The van der Waals surface area contributed by atoms with Crippen molar-refractivity contribution in [1.82, 2.24) is 19.9 Å². The number of ether oxygens (including phenoxy) is 1. The van der Waals surface area contributed by atoms with E-state index in [1.165, 1.54) is 23.4 Å². The van der Waals surface area contributed by atoms with Gasteiger partial charge in [0, 0.05) is 30.9 Å². The number of carboxylic acid groups (broad SMARTS) is 3. The van der Waals surface area contributed by atoms with Gasteiger partial charge in [0.25, 0.3) is 0 Å². The molecule has 51 heavy (non-hydrogen) atoms. The number of anilines is 1. The lowest BCUT2D eigenvalue weighted by molar-refractivity contribution is -0.193. The number of alkyl halides is 9. The molecule has 0 bridgehead atoms. The monoisotopic (exact) mass is 761 g/mol. The summed E-state index contributed by atoms with van der Waals surface area (Å²) in [6, 6.07) is 11.1. The van der Waals surface area contributed by atoms with Crippen molar-refractivity contribution in [2.24, 2.45) is 0 Å². The molecule has 3 aliphatic rings. The van der Waals surface area contributed by atoms with Crippen molar-refractivity contribution >= 4 is 35.2 Å². The summed E-state index contributed by atoms with van der Waals surface area (Å²) in [4.78, 5) is 44.8. The SMILES string of the molecule is O=C(O)C(F)(F)F.O=C(O)C(F)(F)F.O=C(O)C(F)(F)F.c1cc(CN2CCC3(COCc4cnc(NC5CC5)nc43)C2)nc(-c2cccs2)c1. The van der Waals surface area contributed by atoms with Crippen LogP contribution >= 0.6 is 11.3 Å². The number of nitrogens with one attached hydrogen (secondary N) is 1. The third kappa shape index (κ3) is 12.6. The molecule has 1 atom stereocenters. The summed E-state index contributed by atoms with van der Waals surface area (Å²) in [6.45, 7) is 4.19. The fourth-order valence-electron chi connectivity index (χ4n) is 4.64. The first-order valence-electron chi connectivity index (χ1n) is 14.4. The Bertz CT molecular complexity index is 1600.